The third kappa shape index (κ3) is 2.93. The molecule has 0 aliphatic heterocycles. The molecule has 0 bridgehead atoms. The topological polar surface area (TPSA) is 78.0 Å². The van der Waals surface area contributed by atoms with Crippen molar-refractivity contribution >= 4 is 17.3 Å². The van der Waals surface area contributed by atoms with Gasteiger partial charge in [0.25, 0.3) is 5.56 Å². The Morgan fingerprint density at radius 2 is 2.10 bits per heavy atom. The highest BCUT2D eigenvalue weighted by Crippen LogP contribution is 2.28. The molecule has 1 aromatic carbocycles. The summed E-state index contributed by atoms with van der Waals surface area (Å²) in [6.07, 6.45) is 0. The Balaban J connectivity index is 2.30. The van der Waals surface area contributed by atoms with E-state index in [4.69, 9.17) is 11.6 Å². The molecule has 1 aromatic heterocycles. The molecular weight excluding hydrogens is 278 g/mol. The molecule has 0 fully saturated rings. The third-order valence-corrected chi connectivity index (χ3v) is 3.33. The van der Waals surface area contributed by atoms with Crippen LogP contribution in [0, 0.1) is 13.8 Å². The van der Waals surface area contributed by atoms with Gasteiger partial charge in [0.05, 0.1) is 22.3 Å². The molecule has 0 aliphatic rings. The van der Waals surface area contributed by atoms with Crippen LogP contribution in [0.2, 0.25) is 5.02 Å². The van der Waals surface area contributed by atoms with Gasteiger partial charge in [-0.2, -0.15) is 0 Å². The number of phenolic OH excluding ortho intramolecular Hbond substituents is 1. The van der Waals surface area contributed by atoms with E-state index >= 15 is 0 Å². The Morgan fingerprint density at radius 3 is 2.70 bits per heavy atom. The fourth-order valence-electron chi connectivity index (χ4n) is 2.16. The van der Waals surface area contributed by atoms with Crippen molar-refractivity contribution < 1.29 is 5.11 Å². The van der Waals surface area contributed by atoms with Crippen LogP contribution in [-0.2, 0) is 0 Å². The number of nitrogens with one attached hydrogen (secondary N) is 2. The smallest absolute Gasteiger partial charge is 0.256 e. The van der Waals surface area contributed by atoms with E-state index in [1.165, 1.54) is 6.07 Å². The number of benzene rings is 1. The first-order valence-electron chi connectivity index (χ1n) is 6.21. The van der Waals surface area contributed by atoms with Crippen molar-refractivity contribution in [2.24, 2.45) is 0 Å². The molecule has 3 N–H and O–H groups in total. The molecule has 0 saturated heterocycles. The summed E-state index contributed by atoms with van der Waals surface area (Å²) in [5.41, 5.74) is 1.84. The molecule has 0 radical (unpaired) electrons. The van der Waals surface area contributed by atoms with Crippen molar-refractivity contribution in [2.75, 3.05) is 5.32 Å². The average molecular weight is 294 g/mol. The van der Waals surface area contributed by atoms with Crippen molar-refractivity contribution in [3.63, 3.8) is 0 Å². The number of H-pyrrole nitrogens is 1. The lowest BCUT2D eigenvalue weighted by Gasteiger charge is -2.17. The molecule has 0 spiro atoms. The standard InChI is InChI=1S/C14H16ClN3O2/c1-7-13(14(20)18-9(3)16-7)8(2)17-10-4-5-12(19)11(15)6-10/h4-6,8,17,19H,1-3H3,(H,16,18,20). The lowest BCUT2D eigenvalue weighted by molar-refractivity contribution is 0.475. The number of aryl methyl sites for hydroxylation is 2. The van der Waals surface area contributed by atoms with Crippen LogP contribution in [-0.4, -0.2) is 15.1 Å². The predicted octanol–water partition coefficient (Wildman–Crippen LogP) is 2.92. The average Bonchev–Trinajstić information content (AvgIpc) is 2.32. The molecule has 0 saturated carbocycles. The number of nitrogens with zero attached hydrogens (tertiary/aromatic N) is 1. The van der Waals surface area contributed by atoms with Gasteiger partial charge in [0.15, 0.2) is 0 Å². The molecule has 1 unspecified atom stereocenters. The van der Waals surface area contributed by atoms with Gasteiger partial charge in [-0.3, -0.25) is 4.79 Å². The number of aromatic hydroxyl groups is 1. The van der Waals surface area contributed by atoms with Crippen LogP contribution in [0.5, 0.6) is 5.75 Å². The van der Waals surface area contributed by atoms with E-state index in [1.54, 1.807) is 26.0 Å². The van der Waals surface area contributed by atoms with Gasteiger partial charge in [0.1, 0.15) is 11.6 Å². The zero-order chi connectivity index (χ0) is 14.9. The van der Waals surface area contributed by atoms with Crippen molar-refractivity contribution in [1.82, 2.24) is 9.97 Å². The highest BCUT2D eigenvalue weighted by molar-refractivity contribution is 6.32. The Kier molecular flexibility index (Phi) is 3.99. The summed E-state index contributed by atoms with van der Waals surface area (Å²) in [6.45, 7) is 5.42. The number of halogens is 1. The van der Waals surface area contributed by atoms with E-state index in [0.29, 0.717) is 17.1 Å². The minimum absolute atomic E-state index is 0.0240. The SMILES string of the molecule is Cc1nc(C)c(C(C)Nc2ccc(O)c(Cl)c2)c(=O)[nH]1. The van der Waals surface area contributed by atoms with E-state index in [9.17, 15) is 9.90 Å². The zero-order valence-corrected chi connectivity index (χ0v) is 12.2. The van der Waals surface area contributed by atoms with Gasteiger partial charge in [-0.15, -0.1) is 0 Å². The van der Waals surface area contributed by atoms with Crippen LogP contribution in [0.1, 0.15) is 30.0 Å². The number of phenols is 1. The van der Waals surface area contributed by atoms with Crippen LogP contribution in [0.4, 0.5) is 5.69 Å². The molecule has 0 aliphatic carbocycles. The fraction of sp³-hybridized carbons (Fsp3) is 0.286. The number of rotatable bonds is 3. The molecule has 1 heterocycles. The summed E-state index contributed by atoms with van der Waals surface area (Å²) < 4.78 is 0. The lowest BCUT2D eigenvalue weighted by Crippen LogP contribution is -2.23. The Morgan fingerprint density at radius 1 is 1.40 bits per heavy atom. The molecular formula is C14H16ClN3O2. The Labute approximate surface area is 121 Å². The maximum Gasteiger partial charge on any atom is 0.256 e. The summed E-state index contributed by atoms with van der Waals surface area (Å²) in [6, 6.07) is 4.58. The quantitative estimate of drug-likeness (QED) is 0.760. The summed E-state index contributed by atoms with van der Waals surface area (Å²) in [5.74, 6) is 0.618. The fourth-order valence-corrected chi connectivity index (χ4v) is 2.35. The first kappa shape index (κ1) is 14.4. The summed E-state index contributed by atoms with van der Waals surface area (Å²) >= 11 is 5.86. The van der Waals surface area contributed by atoms with E-state index in [2.05, 4.69) is 15.3 Å². The van der Waals surface area contributed by atoms with E-state index in [-0.39, 0.29) is 22.4 Å². The maximum absolute atomic E-state index is 12.0. The van der Waals surface area contributed by atoms with E-state index in [0.717, 1.165) is 5.69 Å². The second-order valence-corrected chi connectivity index (χ2v) is 5.09. The van der Waals surface area contributed by atoms with Gasteiger partial charge < -0.3 is 15.4 Å². The second-order valence-electron chi connectivity index (χ2n) is 4.68. The number of aromatic nitrogens is 2. The molecule has 5 nitrogen and oxygen atoms in total. The van der Waals surface area contributed by atoms with Crippen molar-refractivity contribution in [3.8, 4) is 5.75 Å². The molecule has 2 aromatic rings. The third-order valence-electron chi connectivity index (χ3n) is 3.03. The summed E-state index contributed by atoms with van der Waals surface area (Å²) in [7, 11) is 0. The molecule has 106 valence electrons. The second kappa shape index (κ2) is 5.54. The normalized spacial score (nSPS) is 12.2. The first-order valence-corrected chi connectivity index (χ1v) is 6.58. The van der Waals surface area contributed by atoms with Crippen LogP contribution >= 0.6 is 11.6 Å². The predicted molar refractivity (Wildman–Crippen MR) is 79.5 cm³/mol. The lowest BCUT2D eigenvalue weighted by atomic mass is 10.1. The van der Waals surface area contributed by atoms with Gasteiger partial charge in [-0.05, 0) is 39.0 Å². The molecule has 6 heteroatoms. The summed E-state index contributed by atoms with van der Waals surface area (Å²) in [4.78, 5) is 19.0. The number of hydrogen-bond donors (Lipinski definition) is 3. The Hall–Kier alpha value is -2.01. The highest BCUT2D eigenvalue weighted by Gasteiger charge is 2.14. The monoisotopic (exact) mass is 293 g/mol. The molecule has 2 rings (SSSR count). The Bertz CT molecular complexity index is 697. The van der Waals surface area contributed by atoms with Crippen LogP contribution in [0.15, 0.2) is 23.0 Å². The molecule has 0 amide bonds. The van der Waals surface area contributed by atoms with E-state index < -0.39 is 0 Å². The maximum atomic E-state index is 12.0. The largest absolute Gasteiger partial charge is 0.506 e. The molecule has 1 atom stereocenters. The first-order chi connectivity index (χ1) is 9.38. The van der Waals surface area contributed by atoms with Gasteiger partial charge in [0, 0.05) is 5.69 Å². The van der Waals surface area contributed by atoms with Crippen LogP contribution in [0.25, 0.3) is 0 Å². The number of hydrogen-bond acceptors (Lipinski definition) is 4. The van der Waals surface area contributed by atoms with Gasteiger partial charge in [-0.25, -0.2) is 4.98 Å². The highest BCUT2D eigenvalue weighted by atomic mass is 35.5. The van der Waals surface area contributed by atoms with Gasteiger partial charge in [0.2, 0.25) is 0 Å². The van der Waals surface area contributed by atoms with Crippen molar-refractivity contribution in [3.05, 3.63) is 50.7 Å². The summed E-state index contributed by atoms with van der Waals surface area (Å²) in [5, 5.41) is 12.8. The number of anilines is 1. The van der Waals surface area contributed by atoms with Crippen molar-refractivity contribution in [1.29, 1.82) is 0 Å². The van der Waals surface area contributed by atoms with Crippen molar-refractivity contribution in [2.45, 2.75) is 26.8 Å². The minimum Gasteiger partial charge on any atom is -0.506 e. The van der Waals surface area contributed by atoms with E-state index in [1.807, 2.05) is 6.92 Å². The van der Waals surface area contributed by atoms with Gasteiger partial charge in [-0.1, -0.05) is 11.6 Å². The van der Waals surface area contributed by atoms with Crippen LogP contribution < -0.4 is 10.9 Å². The zero-order valence-electron chi connectivity index (χ0n) is 11.5. The number of aromatic amines is 1. The van der Waals surface area contributed by atoms with Gasteiger partial charge >= 0.3 is 0 Å². The molecule has 20 heavy (non-hydrogen) atoms. The minimum atomic E-state index is -0.229. The van der Waals surface area contributed by atoms with Crippen LogP contribution in [0.3, 0.4) is 0 Å².